The lowest BCUT2D eigenvalue weighted by atomic mass is 9.95. The molecule has 3 heterocycles. The quantitative estimate of drug-likeness (QED) is 0.838. The molecule has 3 rings (SSSR count). The van der Waals surface area contributed by atoms with Gasteiger partial charge in [-0.1, -0.05) is 20.8 Å². The Morgan fingerprint density at radius 1 is 1.29 bits per heavy atom. The molecule has 0 saturated carbocycles. The van der Waals surface area contributed by atoms with Crippen LogP contribution in [0, 0.1) is 0 Å². The minimum absolute atomic E-state index is 0.0242. The monoisotopic (exact) mass is 287 g/mol. The first-order chi connectivity index (χ1) is 10.0. The van der Waals surface area contributed by atoms with Crippen molar-refractivity contribution in [2.75, 3.05) is 19.7 Å². The molecular weight excluding hydrogens is 262 g/mol. The highest BCUT2D eigenvalue weighted by Gasteiger charge is 2.23. The smallest absolute Gasteiger partial charge is 0.133 e. The number of rotatable bonds is 2. The second-order valence-electron chi connectivity index (χ2n) is 7.13. The molecule has 0 aliphatic carbocycles. The molecule has 0 bridgehead atoms. The summed E-state index contributed by atoms with van der Waals surface area (Å²) in [6, 6.07) is 0. The molecule has 0 radical (unpaired) electrons. The van der Waals surface area contributed by atoms with Gasteiger partial charge in [-0.25, -0.2) is 9.97 Å². The fourth-order valence-corrected chi connectivity index (χ4v) is 2.89. The van der Waals surface area contributed by atoms with Gasteiger partial charge in [0.15, 0.2) is 0 Å². The summed E-state index contributed by atoms with van der Waals surface area (Å²) >= 11 is 0. The SMILES string of the molecule is CC(C)(C)c1ncc2c(n1)CCN(CC1=COCCC1)C2. The topological polar surface area (TPSA) is 38.2 Å². The predicted octanol–water partition coefficient (Wildman–Crippen LogP) is 2.83. The van der Waals surface area contributed by atoms with Gasteiger partial charge in [-0.15, -0.1) is 0 Å². The summed E-state index contributed by atoms with van der Waals surface area (Å²) in [6.07, 6.45) is 7.32. The maximum absolute atomic E-state index is 5.43. The van der Waals surface area contributed by atoms with E-state index < -0.39 is 0 Å². The van der Waals surface area contributed by atoms with Crippen LogP contribution in [0.3, 0.4) is 0 Å². The molecule has 21 heavy (non-hydrogen) atoms. The summed E-state index contributed by atoms with van der Waals surface area (Å²) < 4.78 is 5.43. The average molecular weight is 287 g/mol. The average Bonchev–Trinajstić information content (AvgIpc) is 2.47. The van der Waals surface area contributed by atoms with Gasteiger partial charge in [-0.3, -0.25) is 4.90 Å². The number of hydrogen-bond donors (Lipinski definition) is 0. The van der Waals surface area contributed by atoms with Crippen molar-refractivity contribution in [3.05, 3.63) is 35.1 Å². The Balaban J connectivity index is 1.70. The molecule has 0 amide bonds. The summed E-state index contributed by atoms with van der Waals surface area (Å²) in [7, 11) is 0. The van der Waals surface area contributed by atoms with Crippen molar-refractivity contribution in [3.8, 4) is 0 Å². The molecule has 0 unspecified atom stereocenters. The number of aromatic nitrogens is 2. The molecule has 2 aliphatic rings. The molecule has 4 heteroatoms. The van der Waals surface area contributed by atoms with Gasteiger partial charge < -0.3 is 4.74 Å². The summed E-state index contributed by atoms with van der Waals surface area (Å²) in [5, 5.41) is 0. The first-order valence-corrected chi connectivity index (χ1v) is 7.89. The van der Waals surface area contributed by atoms with Crippen molar-refractivity contribution in [2.45, 2.75) is 52.0 Å². The van der Waals surface area contributed by atoms with Crippen LogP contribution >= 0.6 is 0 Å². The van der Waals surface area contributed by atoms with E-state index in [0.717, 1.165) is 44.9 Å². The molecule has 4 nitrogen and oxygen atoms in total. The van der Waals surface area contributed by atoms with Crippen LogP contribution < -0.4 is 0 Å². The standard InChI is InChI=1S/C17H25N3O/c1-17(2,3)16-18-9-14-11-20(7-6-15(14)19-16)10-13-5-4-8-21-12-13/h9,12H,4-8,10-11H2,1-3H3. The predicted molar refractivity (Wildman–Crippen MR) is 83.0 cm³/mol. The van der Waals surface area contributed by atoms with Gasteiger partial charge in [0.25, 0.3) is 0 Å². The lowest BCUT2D eigenvalue weighted by Crippen LogP contribution is -2.34. The number of fused-ring (bicyclic) bond motifs is 1. The van der Waals surface area contributed by atoms with Crippen LogP contribution in [0.4, 0.5) is 0 Å². The Hall–Kier alpha value is -1.42. The van der Waals surface area contributed by atoms with E-state index in [1.807, 2.05) is 12.5 Å². The third-order valence-electron chi connectivity index (χ3n) is 4.12. The zero-order chi connectivity index (χ0) is 14.9. The lowest BCUT2D eigenvalue weighted by Gasteiger charge is -2.30. The largest absolute Gasteiger partial charge is 0.501 e. The van der Waals surface area contributed by atoms with Crippen LogP contribution in [0.15, 0.2) is 18.0 Å². The van der Waals surface area contributed by atoms with Crippen molar-refractivity contribution in [2.24, 2.45) is 0 Å². The maximum atomic E-state index is 5.43. The van der Waals surface area contributed by atoms with Gasteiger partial charge in [0.1, 0.15) is 5.82 Å². The summed E-state index contributed by atoms with van der Waals surface area (Å²) in [6.45, 7) is 10.4. The first-order valence-electron chi connectivity index (χ1n) is 7.89. The molecule has 114 valence electrons. The Bertz CT molecular complexity index is 545. The molecule has 1 aromatic heterocycles. The maximum Gasteiger partial charge on any atom is 0.133 e. The minimum Gasteiger partial charge on any atom is -0.501 e. The van der Waals surface area contributed by atoms with Gasteiger partial charge in [-0.2, -0.15) is 0 Å². The Morgan fingerprint density at radius 3 is 2.86 bits per heavy atom. The van der Waals surface area contributed by atoms with E-state index in [-0.39, 0.29) is 5.41 Å². The molecule has 0 N–H and O–H groups in total. The highest BCUT2D eigenvalue weighted by Crippen LogP contribution is 2.23. The van der Waals surface area contributed by atoms with Crippen molar-refractivity contribution >= 4 is 0 Å². The fourth-order valence-electron chi connectivity index (χ4n) is 2.89. The van der Waals surface area contributed by atoms with Crippen LogP contribution in [0.25, 0.3) is 0 Å². The summed E-state index contributed by atoms with van der Waals surface area (Å²) in [5.74, 6) is 0.957. The Morgan fingerprint density at radius 2 is 2.14 bits per heavy atom. The second-order valence-corrected chi connectivity index (χ2v) is 7.13. The Labute approximate surface area is 127 Å². The van der Waals surface area contributed by atoms with Gasteiger partial charge in [0, 0.05) is 48.9 Å². The van der Waals surface area contributed by atoms with Crippen LogP contribution in [-0.4, -0.2) is 34.6 Å². The molecule has 1 aromatic rings. The molecular formula is C17H25N3O. The van der Waals surface area contributed by atoms with E-state index in [1.54, 1.807) is 0 Å². The normalized spacial score (nSPS) is 19.7. The van der Waals surface area contributed by atoms with Crippen LogP contribution in [0.5, 0.6) is 0 Å². The molecule has 0 saturated heterocycles. The number of ether oxygens (including phenoxy) is 1. The summed E-state index contributed by atoms with van der Waals surface area (Å²) in [4.78, 5) is 11.8. The highest BCUT2D eigenvalue weighted by atomic mass is 16.5. The van der Waals surface area contributed by atoms with E-state index in [4.69, 9.17) is 9.72 Å². The third-order valence-corrected chi connectivity index (χ3v) is 4.12. The minimum atomic E-state index is 0.0242. The molecule has 0 aromatic carbocycles. The molecule has 2 aliphatic heterocycles. The van der Waals surface area contributed by atoms with E-state index >= 15 is 0 Å². The molecule has 0 spiro atoms. The lowest BCUT2D eigenvalue weighted by molar-refractivity contribution is 0.208. The van der Waals surface area contributed by atoms with Gasteiger partial charge in [0.2, 0.25) is 0 Å². The van der Waals surface area contributed by atoms with Crippen molar-refractivity contribution in [1.82, 2.24) is 14.9 Å². The van der Waals surface area contributed by atoms with Crippen molar-refractivity contribution in [3.63, 3.8) is 0 Å². The van der Waals surface area contributed by atoms with Gasteiger partial charge in [-0.05, 0) is 18.4 Å². The highest BCUT2D eigenvalue weighted by molar-refractivity contribution is 5.23. The van der Waals surface area contributed by atoms with Crippen LogP contribution in [-0.2, 0) is 23.1 Å². The van der Waals surface area contributed by atoms with Crippen LogP contribution in [0.2, 0.25) is 0 Å². The van der Waals surface area contributed by atoms with E-state index in [9.17, 15) is 0 Å². The van der Waals surface area contributed by atoms with E-state index in [0.29, 0.717) is 0 Å². The first kappa shape index (κ1) is 14.5. The fraction of sp³-hybridized carbons (Fsp3) is 0.647. The number of hydrogen-bond acceptors (Lipinski definition) is 4. The van der Waals surface area contributed by atoms with Crippen LogP contribution in [0.1, 0.15) is 50.7 Å². The molecule has 0 fully saturated rings. The zero-order valence-electron chi connectivity index (χ0n) is 13.4. The number of nitrogens with zero attached hydrogens (tertiary/aromatic N) is 3. The van der Waals surface area contributed by atoms with E-state index in [1.165, 1.54) is 23.3 Å². The third kappa shape index (κ3) is 3.43. The van der Waals surface area contributed by atoms with Crippen molar-refractivity contribution in [1.29, 1.82) is 0 Å². The summed E-state index contributed by atoms with van der Waals surface area (Å²) in [5.41, 5.74) is 3.96. The molecule has 0 atom stereocenters. The zero-order valence-corrected chi connectivity index (χ0v) is 13.4. The van der Waals surface area contributed by atoms with Crippen molar-refractivity contribution < 1.29 is 4.74 Å². The second kappa shape index (κ2) is 5.76. The van der Waals surface area contributed by atoms with Gasteiger partial charge in [0.05, 0.1) is 12.9 Å². The van der Waals surface area contributed by atoms with E-state index in [2.05, 4.69) is 30.7 Å². The Kier molecular flexibility index (Phi) is 3.98. The van der Waals surface area contributed by atoms with Gasteiger partial charge >= 0.3 is 0 Å².